The van der Waals surface area contributed by atoms with E-state index in [2.05, 4.69) is 16.2 Å². The van der Waals surface area contributed by atoms with Crippen LogP contribution < -0.4 is 0 Å². The van der Waals surface area contributed by atoms with Crippen molar-refractivity contribution in [1.29, 1.82) is 0 Å². The second-order valence-electron chi connectivity index (χ2n) is 8.02. The molecule has 1 aromatic heterocycles. The topological polar surface area (TPSA) is 97.1 Å². The predicted octanol–water partition coefficient (Wildman–Crippen LogP) is 1.28. The number of alkyl halides is 3. The molecule has 2 fully saturated rings. The van der Waals surface area contributed by atoms with Crippen LogP contribution in [0.4, 0.5) is 13.2 Å². The number of halogens is 3. The first kappa shape index (κ1) is 25.1. The van der Waals surface area contributed by atoms with Crippen LogP contribution in [0.5, 0.6) is 0 Å². The van der Waals surface area contributed by atoms with Crippen molar-refractivity contribution in [3.63, 3.8) is 0 Å². The highest BCUT2D eigenvalue weighted by molar-refractivity contribution is 5.76. The lowest BCUT2D eigenvalue weighted by molar-refractivity contribution is -0.192. The zero-order chi connectivity index (χ0) is 23.2. The van der Waals surface area contributed by atoms with E-state index >= 15 is 0 Å². The molecule has 1 amide bonds. The Morgan fingerprint density at radius 3 is 2.45 bits per heavy atom. The fraction of sp³-hybridized carbons (Fsp3) is 0.737. The van der Waals surface area contributed by atoms with Gasteiger partial charge in [-0.05, 0) is 12.8 Å². The highest BCUT2D eigenvalue weighted by atomic mass is 19.4. The summed E-state index contributed by atoms with van der Waals surface area (Å²) in [5.74, 6) is -2.75. The highest BCUT2D eigenvalue weighted by Gasteiger charge is 2.43. The largest absolute Gasteiger partial charge is 0.490 e. The Kier molecular flexibility index (Phi) is 8.43. The van der Waals surface area contributed by atoms with Crippen molar-refractivity contribution in [1.82, 2.24) is 19.6 Å². The maximum absolute atomic E-state index is 11.6. The summed E-state index contributed by atoms with van der Waals surface area (Å²) in [6.07, 6.45) is 1.90. The Bertz CT molecular complexity index is 745. The van der Waals surface area contributed by atoms with E-state index in [0.29, 0.717) is 6.61 Å². The summed E-state index contributed by atoms with van der Waals surface area (Å²) in [6.45, 7) is 3.74. The average molecular weight is 450 g/mol. The first-order valence-corrected chi connectivity index (χ1v) is 9.86. The summed E-state index contributed by atoms with van der Waals surface area (Å²) in [5.41, 5.74) is 1.20. The van der Waals surface area contributed by atoms with Crippen LogP contribution in [-0.4, -0.2) is 94.8 Å². The molecule has 0 radical (unpaired) electrons. The van der Waals surface area contributed by atoms with Gasteiger partial charge in [0.2, 0.25) is 5.91 Å². The molecule has 0 aliphatic carbocycles. The second kappa shape index (κ2) is 10.4. The number of carboxylic acid groups (broad SMARTS) is 1. The van der Waals surface area contributed by atoms with Crippen LogP contribution in [0.25, 0.3) is 0 Å². The summed E-state index contributed by atoms with van der Waals surface area (Å²) in [5, 5.41) is 11.4. The number of aliphatic carboxylic acids is 1. The van der Waals surface area contributed by atoms with Gasteiger partial charge in [0, 0.05) is 59.0 Å². The molecule has 1 unspecified atom stereocenters. The number of rotatable bonds is 5. The van der Waals surface area contributed by atoms with E-state index in [-0.39, 0.29) is 24.2 Å². The SMILES string of the molecule is CN(C)C(=O)COC1COC2(CCN(Cc3cnn(C)c3)CC2)C1.O=C(O)C(F)(F)F. The third kappa shape index (κ3) is 7.78. The summed E-state index contributed by atoms with van der Waals surface area (Å²) < 4.78 is 45.4. The van der Waals surface area contributed by atoms with Crippen molar-refractivity contribution in [3.05, 3.63) is 18.0 Å². The number of carbonyl (C=O) groups excluding carboxylic acids is 1. The standard InChI is InChI=1S/C17H28N4O3.C2HF3O2/c1-19(2)16(22)13-23-15-8-17(24-12-15)4-6-21(7-5-17)11-14-9-18-20(3)10-14;3-2(4,5)1(6)7/h9-10,15H,4-8,11-13H2,1-3H3;(H,6,7). The number of aryl methyl sites for hydroxylation is 1. The average Bonchev–Trinajstić information content (AvgIpc) is 3.27. The van der Waals surface area contributed by atoms with Gasteiger partial charge in [-0.3, -0.25) is 14.4 Å². The fourth-order valence-corrected chi connectivity index (χ4v) is 3.51. The number of ether oxygens (including phenoxy) is 2. The minimum atomic E-state index is -5.08. The number of nitrogens with zero attached hydrogens (tertiary/aromatic N) is 4. The number of carbonyl (C=O) groups is 2. The fourth-order valence-electron chi connectivity index (χ4n) is 3.51. The third-order valence-electron chi connectivity index (χ3n) is 5.29. The maximum atomic E-state index is 11.6. The first-order valence-electron chi connectivity index (χ1n) is 9.86. The third-order valence-corrected chi connectivity index (χ3v) is 5.29. The number of aromatic nitrogens is 2. The lowest BCUT2D eigenvalue weighted by atomic mass is 9.88. The van der Waals surface area contributed by atoms with Gasteiger partial charge in [0.25, 0.3) is 0 Å². The molecule has 1 spiro atoms. The Morgan fingerprint density at radius 2 is 1.97 bits per heavy atom. The summed E-state index contributed by atoms with van der Waals surface area (Å²) >= 11 is 0. The van der Waals surface area contributed by atoms with Crippen LogP contribution in [-0.2, 0) is 32.7 Å². The molecule has 176 valence electrons. The molecule has 3 heterocycles. The Morgan fingerprint density at radius 1 is 1.35 bits per heavy atom. The molecule has 0 saturated carbocycles. The smallest absolute Gasteiger partial charge is 0.475 e. The van der Waals surface area contributed by atoms with E-state index in [9.17, 15) is 18.0 Å². The number of likely N-dealkylation sites (tertiary alicyclic amines) is 1. The van der Waals surface area contributed by atoms with Crippen LogP contribution in [0.1, 0.15) is 24.8 Å². The lowest BCUT2D eigenvalue weighted by Crippen LogP contribution is -2.44. The minimum Gasteiger partial charge on any atom is -0.475 e. The van der Waals surface area contributed by atoms with E-state index in [1.54, 1.807) is 19.0 Å². The maximum Gasteiger partial charge on any atom is 0.490 e. The van der Waals surface area contributed by atoms with Gasteiger partial charge in [0.05, 0.1) is 24.5 Å². The van der Waals surface area contributed by atoms with Crippen LogP contribution in [0.15, 0.2) is 12.4 Å². The van der Waals surface area contributed by atoms with Crippen LogP contribution >= 0.6 is 0 Å². The Balaban J connectivity index is 0.000000423. The van der Waals surface area contributed by atoms with Crippen molar-refractivity contribution >= 4 is 11.9 Å². The molecule has 2 aliphatic rings. The molecule has 2 aliphatic heterocycles. The molecule has 1 aromatic rings. The molecule has 1 N–H and O–H groups in total. The van der Waals surface area contributed by atoms with Crippen molar-refractivity contribution in [3.8, 4) is 0 Å². The van der Waals surface area contributed by atoms with Gasteiger partial charge in [-0.2, -0.15) is 18.3 Å². The molecule has 0 aromatic carbocycles. The van der Waals surface area contributed by atoms with E-state index in [1.807, 2.05) is 17.9 Å². The molecule has 31 heavy (non-hydrogen) atoms. The zero-order valence-electron chi connectivity index (χ0n) is 17.9. The van der Waals surface area contributed by atoms with Gasteiger partial charge >= 0.3 is 12.1 Å². The van der Waals surface area contributed by atoms with Crippen molar-refractivity contribution < 1.29 is 37.3 Å². The number of carboxylic acids is 1. The molecule has 1 atom stereocenters. The van der Waals surface area contributed by atoms with Crippen molar-refractivity contribution in [2.45, 2.75) is 43.7 Å². The van der Waals surface area contributed by atoms with Gasteiger partial charge in [-0.15, -0.1) is 0 Å². The molecular formula is C19H29F3N4O5. The number of hydrogen-bond acceptors (Lipinski definition) is 6. The summed E-state index contributed by atoms with van der Waals surface area (Å²) in [7, 11) is 5.44. The van der Waals surface area contributed by atoms with Crippen molar-refractivity contribution in [2.75, 3.05) is 40.4 Å². The molecular weight excluding hydrogens is 421 g/mol. The van der Waals surface area contributed by atoms with Gasteiger partial charge in [0.15, 0.2) is 0 Å². The van der Waals surface area contributed by atoms with E-state index in [0.717, 1.165) is 38.9 Å². The monoisotopic (exact) mass is 450 g/mol. The van der Waals surface area contributed by atoms with Gasteiger partial charge in [-0.1, -0.05) is 0 Å². The lowest BCUT2D eigenvalue weighted by Gasteiger charge is -2.38. The number of piperidine rings is 1. The molecule has 9 nitrogen and oxygen atoms in total. The van der Waals surface area contributed by atoms with Crippen molar-refractivity contribution in [2.24, 2.45) is 7.05 Å². The minimum absolute atomic E-state index is 0.00207. The predicted molar refractivity (Wildman–Crippen MR) is 103 cm³/mol. The van der Waals surface area contributed by atoms with Crippen LogP contribution in [0.2, 0.25) is 0 Å². The number of amides is 1. The van der Waals surface area contributed by atoms with Gasteiger partial charge in [-0.25, -0.2) is 4.79 Å². The van der Waals surface area contributed by atoms with E-state index in [4.69, 9.17) is 19.4 Å². The van der Waals surface area contributed by atoms with E-state index < -0.39 is 12.1 Å². The molecule has 3 rings (SSSR count). The molecule has 2 saturated heterocycles. The first-order chi connectivity index (χ1) is 14.4. The van der Waals surface area contributed by atoms with Gasteiger partial charge < -0.3 is 19.5 Å². The highest BCUT2D eigenvalue weighted by Crippen LogP contribution is 2.37. The number of likely N-dealkylation sites (N-methyl/N-ethyl adjacent to an activating group) is 1. The van der Waals surface area contributed by atoms with Crippen LogP contribution in [0.3, 0.4) is 0 Å². The molecule has 12 heteroatoms. The summed E-state index contributed by atoms with van der Waals surface area (Å²) in [4.78, 5) is 24.5. The number of hydrogen-bond donors (Lipinski definition) is 1. The Hall–Kier alpha value is -2.18. The van der Waals surface area contributed by atoms with E-state index in [1.165, 1.54) is 5.56 Å². The quantitative estimate of drug-likeness (QED) is 0.722. The van der Waals surface area contributed by atoms with Gasteiger partial charge in [0.1, 0.15) is 6.61 Å². The zero-order valence-corrected chi connectivity index (χ0v) is 17.9. The summed E-state index contributed by atoms with van der Waals surface area (Å²) in [6, 6.07) is 0. The normalized spacial score (nSPS) is 20.9. The Labute approximate surface area is 178 Å². The van der Waals surface area contributed by atoms with Crippen LogP contribution in [0, 0.1) is 0 Å². The second-order valence-corrected chi connectivity index (χ2v) is 8.02. The molecule has 0 bridgehead atoms.